The van der Waals surface area contributed by atoms with Crippen molar-refractivity contribution in [1.29, 1.82) is 0 Å². The molecule has 0 saturated carbocycles. The van der Waals surface area contributed by atoms with Gasteiger partial charge in [-0.15, -0.1) is 0 Å². The van der Waals surface area contributed by atoms with Crippen molar-refractivity contribution in [2.75, 3.05) is 24.4 Å². The molecule has 9 heteroatoms. The highest BCUT2D eigenvalue weighted by molar-refractivity contribution is 9.10. The number of rotatable bonds is 11. The molecule has 1 N–H and O–H groups in total. The van der Waals surface area contributed by atoms with Crippen LogP contribution in [0.1, 0.15) is 18.9 Å². The van der Waals surface area contributed by atoms with Gasteiger partial charge in [0.05, 0.1) is 10.6 Å². The van der Waals surface area contributed by atoms with Gasteiger partial charge in [-0.05, 0) is 54.8 Å². The van der Waals surface area contributed by atoms with Crippen molar-refractivity contribution >= 4 is 43.5 Å². The van der Waals surface area contributed by atoms with Gasteiger partial charge in [-0.1, -0.05) is 71.4 Å². The first-order valence-corrected chi connectivity index (χ1v) is 13.9. The monoisotopic (exact) mass is 571 g/mol. The second-order valence-corrected chi connectivity index (χ2v) is 10.9. The molecular formula is C27H30BrN3O4S. The Morgan fingerprint density at radius 3 is 2.06 bits per heavy atom. The van der Waals surface area contributed by atoms with Crippen molar-refractivity contribution in [2.45, 2.75) is 30.7 Å². The van der Waals surface area contributed by atoms with Crippen LogP contribution in [-0.2, 0) is 26.0 Å². The molecular weight excluding hydrogens is 542 g/mol. The average molecular weight is 573 g/mol. The molecule has 0 aliphatic heterocycles. The summed E-state index contributed by atoms with van der Waals surface area (Å²) in [4.78, 5) is 28.0. The van der Waals surface area contributed by atoms with Crippen molar-refractivity contribution in [2.24, 2.45) is 0 Å². The van der Waals surface area contributed by atoms with Crippen LogP contribution in [0, 0.1) is 0 Å². The number of hydrogen-bond donors (Lipinski definition) is 1. The van der Waals surface area contributed by atoms with E-state index in [4.69, 9.17) is 0 Å². The first kappa shape index (κ1) is 27.4. The van der Waals surface area contributed by atoms with Gasteiger partial charge in [0, 0.05) is 18.1 Å². The average Bonchev–Trinajstić information content (AvgIpc) is 2.90. The smallest absolute Gasteiger partial charge is 0.264 e. The number of nitrogens with one attached hydrogen (secondary N) is 1. The number of halogens is 1. The topological polar surface area (TPSA) is 86.8 Å². The van der Waals surface area contributed by atoms with Gasteiger partial charge in [0.25, 0.3) is 10.0 Å². The van der Waals surface area contributed by atoms with E-state index in [9.17, 15) is 18.0 Å². The molecule has 0 spiro atoms. The third kappa shape index (κ3) is 6.73. The van der Waals surface area contributed by atoms with E-state index in [-0.39, 0.29) is 17.3 Å². The highest BCUT2D eigenvalue weighted by atomic mass is 79.9. The van der Waals surface area contributed by atoms with Crippen LogP contribution in [-0.4, -0.2) is 51.3 Å². The standard InChI is InChI=1S/C27H30BrN3O4S/c1-3-25(27(33)29-2)30(19-18-21-10-6-4-7-11-21)26(32)20-31(23-16-14-22(28)15-17-23)36(34,35)24-12-8-5-9-13-24/h4-17,25H,3,18-20H2,1-2H3,(H,29,33)/t25-/m1/s1. The summed E-state index contributed by atoms with van der Waals surface area (Å²) < 4.78 is 29.2. The molecule has 190 valence electrons. The van der Waals surface area contributed by atoms with Crippen molar-refractivity contribution < 1.29 is 18.0 Å². The highest BCUT2D eigenvalue weighted by Crippen LogP contribution is 2.26. The van der Waals surface area contributed by atoms with Crippen LogP contribution in [0.15, 0.2) is 94.3 Å². The first-order chi connectivity index (χ1) is 17.3. The summed E-state index contributed by atoms with van der Waals surface area (Å²) in [5.41, 5.74) is 1.37. The Balaban J connectivity index is 1.98. The summed E-state index contributed by atoms with van der Waals surface area (Å²) in [6.45, 7) is 1.66. The molecule has 0 aliphatic rings. The van der Waals surface area contributed by atoms with E-state index in [2.05, 4.69) is 21.2 Å². The fourth-order valence-electron chi connectivity index (χ4n) is 3.92. The molecule has 0 aromatic heterocycles. The Hall–Kier alpha value is -3.17. The van der Waals surface area contributed by atoms with Gasteiger partial charge in [0.2, 0.25) is 11.8 Å². The lowest BCUT2D eigenvalue weighted by molar-refractivity contribution is -0.139. The normalized spacial score (nSPS) is 12.0. The zero-order valence-corrected chi connectivity index (χ0v) is 22.7. The van der Waals surface area contributed by atoms with E-state index in [1.54, 1.807) is 42.5 Å². The maximum absolute atomic E-state index is 13.7. The number of benzene rings is 3. The Labute approximate surface area is 221 Å². The third-order valence-corrected chi connectivity index (χ3v) is 8.16. The molecule has 2 amide bonds. The van der Waals surface area contributed by atoms with Gasteiger partial charge in [0.15, 0.2) is 0 Å². The number of likely N-dealkylation sites (N-methyl/N-ethyl adjacent to an activating group) is 1. The maximum atomic E-state index is 13.7. The Kier molecular flexibility index (Phi) is 9.66. The van der Waals surface area contributed by atoms with Crippen LogP contribution in [0.5, 0.6) is 0 Å². The second-order valence-electron chi connectivity index (χ2n) is 8.16. The summed E-state index contributed by atoms with van der Waals surface area (Å²) in [6, 6.07) is 23.7. The van der Waals surface area contributed by atoms with Gasteiger partial charge in [-0.25, -0.2) is 8.42 Å². The van der Waals surface area contributed by atoms with Gasteiger partial charge < -0.3 is 10.2 Å². The molecule has 0 unspecified atom stereocenters. The Morgan fingerprint density at radius 1 is 0.917 bits per heavy atom. The zero-order valence-electron chi connectivity index (χ0n) is 20.3. The van der Waals surface area contributed by atoms with E-state index in [0.29, 0.717) is 18.5 Å². The lowest BCUT2D eigenvalue weighted by Gasteiger charge is -2.33. The molecule has 3 aromatic rings. The largest absolute Gasteiger partial charge is 0.357 e. The number of amides is 2. The van der Waals surface area contributed by atoms with Crippen molar-refractivity contribution in [1.82, 2.24) is 10.2 Å². The number of hydrogen-bond acceptors (Lipinski definition) is 4. The van der Waals surface area contributed by atoms with Gasteiger partial charge in [0.1, 0.15) is 12.6 Å². The molecule has 36 heavy (non-hydrogen) atoms. The fraction of sp³-hybridized carbons (Fsp3) is 0.259. The van der Waals surface area contributed by atoms with Crippen molar-refractivity contribution in [3.63, 3.8) is 0 Å². The predicted octanol–water partition coefficient (Wildman–Crippen LogP) is 4.24. The maximum Gasteiger partial charge on any atom is 0.264 e. The fourth-order valence-corrected chi connectivity index (χ4v) is 5.62. The number of sulfonamides is 1. The zero-order chi connectivity index (χ0) is 26.1. The number of carbonyl (C=O) groups is 2. The summed E-state index contributed by atoms with van der Waals surface area (Å²) in [5.74, 6) is -0.746. The molecule has 0 fully saturated rings. The predicted molar refractivity (Wildman–Crippen MR) is 145 cm³/mol. The number of anilines is 1. The van der Waals surface area contributed by atoms with Crippen LogP contribution < -0.4 is 9.62 Å². The Morgan fingerprint density at radius 2 is 1.50 bits per heavy atom. The first-order valence-electron chi connectivity index (χ1n) is 11.7. The third-order valence-electron chi connectivity index (χ3n) is 5.84. The molecule has 1 atom stereocenters. The molecule has 0 radical (unpaired) electrons. The summed E-state index contributed by atoms with van der Waals surface area (Å²) in [5, 5.41) is 2.63. The van der Waals surface area contributed by atoms with E-state index < -0.39 is 28.5 Å². The van der Waals surface area contributed by atoms with Gasteiger partial charge in [-0.2, -0.15) is 0 Å². The molecule has 0 aliphatic carbocycles. The minimum absolute atomic E-state index is 0.0786. The second kappa shape index (κ2) is 12.7. The van der Waals surface area contributed by atoms with E-state index in [1.165, 1.54) is 24.1 Å². The van der Waals surface area contributed by atoms with E-state index in [0.717, 1.165) is 14.3 Å². The quantitative estimate of drug-likeness (QED) is 0.373. The summed E-state index contributed by atoms with van der Waals surface area (Å²) in [7, 11) is -2.52. The molecule has 0 bridgehead atoms. The number of nitrogens with zero attached hydrogens (tertiary/aromatic N) is 2. The van der Waals surface area contributed by atoms with E-state index >= 15 is 0 Å². The van der Waals surface area contributed by atoms with E-state index in [1.807, 2.05) is 37.3 Å². The van der Waals surface area contributed by atoms with Crippen LogP contribution in [0.2, 0.25) is 0 Å². The molecule has 0 heterocycles. The van der Waals surface area contributed by atoms with Crippen LogP contribution >= 0.6 is 15.9 Å². The van der Waals surface area contributed by atoms with Crippen LogP contribution in [0.25, 0.3) is 0 Å². The van der Waals surface area contributed by atoms with Crippen molar-refractivity contribution in [3.8, 4) is 0 Å². The van der Waals surface area contributed by atoms with Gasteiger partial charge in [-0.3, -0.25) is 13.9 Å². The molecule has 3 aromatic carbocycles. The summed E-state index contributed by atoms with van der Waals surface area (Å²) in [6.07, 6.45) is 0.924. The minimum atomic E-state index is -4.05. The van der Waals surface area contributed by atoms with Crippen molar-refractivity contribution in [3.05, 3.63) is 95.0 Å². The molecule has 0 saturated heterocycles. The molecule has 3 rings (SSSR count). The SMILES string of the molecule is CC[C@H](C(=O)NC)N(CCc1ccccc1)C(=O)CN(c1ccc(Br)cc1)S(=O)(=O)c1ccccc1. The van der Waals surface area contributed by atoms with Crippen LogP contribution in [0.4, 0.5) is 5.69 Å². The van der Waals surface area contributed by atoms with Crippen LogP contribution in [0.3, 0.4) is 0 Å². The number of carbonyl (C=O) groups excluding carboxylic acids is 2. The van der Waals surface area contributed by atoms with Gasteiger partial charge >= 0.3 is 0 Å². The molecule has 7 nitrogen and oxygen atoms in total. The lowest BCUT2D eigenvalue weighted by Crippen LogP contribution is -2.52. The summed E-state index contributed by atoms with van der Waals surface area (Å²) >= 11 is 3.37. The lowest BCUT2D eigenvalue weighted by atomic mass is 10.1. The minimum Gasteiger partial charge on any atom is -0.357 e. The highest BCUT2D eigenvalue weighted by Gasteiger charge is 2.33. The Bertz CT molecular complexity index is 1250.